The van der Waals surface area contributed by atoms with Crippen LogP contribution in [0.1, 0.15) is 49.5 Å². The lowest BCUT2D eigenvalue weighted by Crippen LogP contribution is -2.18. The van der Waals surface area contributed by atoms with Gasteiger partial charge in [0.25, 0.3) is 0 Å². The lowest BCUT2D eigenvalue weighted by molar-refractivity contribution is -0.136. The minimum Gasteiger partial charge on any atom is -0.482 e. The van der Waals surface area contributed by atoms with Gasteiger partial charge in [0.05, 0.1) is 11.7 Å². The molecule has 0 saturated heterocycles. The predicted octanol–water partition coefficient (Wildman–Crippen LogP) is 4.36. The van der Waals surface area contributed by atoms with E-state index in [2.05, 4.69) is 13.8 Å². The molecule has 0 bridgehead atoms. The topological polar surface area (TPSA) is 61.8 Å². The summed E-state index contributed by atoms with van der Waals surface area (Å²) in [6.45, 7) is 7.50. The molecule has 0 aromatic heterocycles. The molecule has 0 heterocycles. The number of rotatable bonds is 7. The Morgan fingerprint density at radius 3 is 2.19 bits per heavy atom. The highest BCUT2D eigenvalue weighted by atomic mass is 16.6. The summed E-state index contributed by atoms with van der Waals surface area (Å²) in [4.78, 5) is 23.8. The fraction of sp³-hybridized carbons (Fsp3) is 0.333. The molecule has 0 aliphatic heterocycles. The van der Waals surface area contributed by atoms with Gasteiger partial charge in [0, 0.05) is 0 Å². The van der Waals surface area contributed by atoms with Crippen molar-refractivity contribution in [2.75, 3.05) is 6.61 Å². The van der Waals surface area contributed by atoms with E-state index in [4.69, 9.17) is 14.2 Å². The van der Waals surface area contributed by atoms with Crippen molar-refractivity contribution in [2.45, 2.75) is 39.7 Å². The number of carbonyl (C=O) groups excluding carboxylic acids is 2. The molecule has 0 aliphatic rings. The number of hydrogen-bond donors (Lipinski definition) is 0. The summed E-state index contributed by atoms with van der Waals surface area (Å²) in [5.41, 5.74) is 1.44. The van der Waals surface area contributed by atoms with E-state index in [9.17, 15) is 9.59 Å². The zero-order valence-corrected chi connectivity index (χ0v) is 15.5. The quantitative estimate of drug-likeness (QED) is 0.545. The SMILES string of the molecule is CC(C)OC(=O)c1ccc(OC(=O)COc2ccccc2C(C)C)cc1. The van der Waals surface area contributed by atoms with E-state index >= 15 is 0 Å². The Bertz CT molecular complexity index is 747. The Kier molecular flexibility index (Phi) is 6.78. The maximum atomic E-state index is 12.0. The standard InChI is InChI=1S/C21H24O5/c1-14(2)18-7-5-6-8-19(18)24-13-20(22)26-17-11-9-16(10-12-17)21(23)25-15(3)4/h5-12,14-15H,13H2,1-4H3. The van der Waals surface area contributed by atoms with Crippen LogP contribution < -0.4 is 9.47 Å². The van der Waals surface area contributed by atoms with Crippen LogP contribution >= 0.6 is 0 Å². The van der Waals surface area contributed by atoms with Gasteiger partial charge in [0.15, 0.2) is 6.61 Å². The van der Waals surface area contributed by atoms with Crippen LogP contribution in [0.15, 0.2) is 48.5 Å². The molecule has 0 radical (unpaired) electrons. The highest BCUT2D eigenvalue weighted by molar-refractivity contribution is 5.89. The molecule has 138 valence electrons. The summed E-state index contributed by atoms with van der Waals surface area (Å²) >= 11 is 0. The third-order valence-electron chi connectivity index (χ3n) is 3.55. The summed E-state index contributed by atoms with van der Waals surface area (Å²) in [6.07, 6.45) is -0.189. The Labute approximate surface area is 153 Å². The number of hydrogen-bond acceptors (Lipinski definition) is 5. The Morgan fingerprint density at radius 2 is 1.58 bits per heavy atom. The fourth-order valence-corrected chi connectivity index (χ4v) is 2.33. The first kappa shape index (κ1) is 19.5. The van der Waals surface area contributed by atoms with Gasteiger partial charge in [0.1, 0.15) is 11.5 Å². The van der Waals surface area contributed by atoms with E-state index in [-0.39, 0.29) is 12.7 Å². The molecule has 0 aliphatic carbocycles. The maximum Gasteiger partial charge on any atom is 0.349 e. The summed E-state index contributed by atoms with van der Waals surface area (Å²) in [6, 6.07) is 13.8. The molecular formula is C21H24O5. The van der Waals surface area contributed by atoms with Crippen molar-refractivity contribution >= 4 is 11.9 Å². The second-order valence-corrected chi connectivity index (χ2v) is 6.43. The zero-order chi connectivity index (χ0) is 19.1. The van der Waals surface area contributed by atoms with Gasteiger partial charge in [-0.05, 0) is 55.7 Å². The van der Waals surface area contributed by atoms with Crippen molar-refractivity contribution in [1.82, 2.24) is 0 Å². The third-order valence-corrected chi connectivity index (χ3v) is 3.55. The molecule has 26 heavy (non-hydrogen) atoms. The number of benzene rings is 2. The lowest BCUT2D eigenvalue weighted by atomic mass is 10.0. The van der Waals surface area contributed by atoms with Crippen LogP contribution in [0.4, 0.5) is 0 Å². The second-order valence-electron chi connectivity index (χ2n) is 6.43. The maximum absolute atomic E-state index is 12.0. The zero-order valence-electron chi connectivity index (χ0n) is 15.5. The molecule has 5 heteroatoms. The number of ether oxygens (including phenoxy) is 3. The monoisotopic (exact) mass is 356 g/mol. The molecule has 0 spiro atoms. The van der Waals surface area contributed by atoms with Crippen LogP contribution in [0.3, 0.4) is 0 Å². The van der Waals surface area contributed by atoms with Gasteiger partial charge in [-0.1, -0.05) is 32.0 Å². The average molecular weight is 356 g/mol. The van der Waals surface area contributed by atoms with Crippen molar-refractivity contribution in [3.8, 4) is 11.5 Å². The third kappa shape index (κ3) is 5.62. The van der Waals surface area contributed by atoms with Crippen LogP contribution in [0.5, 0.6) is 11.5 Å². The van der Waals surface area contributed by atoms with Crippen molar-refractivity contribution in [2.24, 2.45) is 0 Å². The van der Waals surface area contributed by atoms with Crippen molar-refractivity contribution < 1.29 is 23.8 Å². The first-order chi connectivity index (χ1) is 12.4. The van der Waals surface area contributed by atoms with E-state index in [1.807, 2.05) is 24.3 Å². The van der Waals surface area contributed by atoms with Gasteiger partial charge in [-0.25, -0.2) is 9.59 Å². The number of esters is 2. The number of para-hydroxylation sites is 1. The number of carbonyl (C=O) groups is 2. The molecule has 0 amide bonds. The molecule has 0 N–H and O–H groups in total. The van der Waals surface area contributed by atoms with Crippen LogP contribution in [-0.4, -0.2) is 24.6 Å². The first-order valence-electron chi connectivity index (χ1n) is 8.60. The molecule has 0 unspecified atom stereocenters. The predicted molar refractivity (Wildman–Crippen MR) is 98.7 cm³/mol. The summed E-state index contributed by atoms with van der Waals surface area (Å²) in [5, 5.41) is 0. The summed E-state index contributed by atoms with van der Waals surface area (Å²) < 4.78 is 15.9. The van der Waals surface area contributed by atoms with E-state index in [1.165, 1.54) is 0 Å². The highest BCUT2D eigenvalue weighted by Crippen LogP contribution is 2.25. The minimum atomic E-state index is -0.513. The molecule has 2 aromatic rings. The van der Waals surface area contributed by atoms with Gasteiger partial charge in [-0.3, -0.25) is 0 Å². The van der Waals surface area contributed by atoms with Gasteiger partial charge in [0.2, 0.25) is 0 Å². The van der Waals surface area contributed by atoms with Crippen LogP contribution in [0, 0.1) is 0 Å². The van der Waals surface area contributed by atoms with E-state index in [0.717, 1.165) is 5.56 Å². The van der Waals surface area contributed by atoms with E-state index < -0.39 is 11.9 Å². The summed E-state index contributed by atoms with van der Waals surface area (Å²) in [7, 11) is 0. The van der Waals surface area contributed by atoms with Crippen LogP contribution in [-0.2, 0) is 9.53 Å². The van der Waals surface area contributed by atoms with E-state index in [0.29, 0.717) is 23.0 Å². The molecular weight excluding hydrogens is 332 g/mol. The Morgan fingerprint density at radius 1 is 0.923 bits per heavy atom. The van der Waals surface area contributed by atoms with Crippen LogP contribution in [0.2, 0.25) is 0 Å². The van der Waals surface area contributed by atoms with E-state index in [1.54, 1.807) is 38.1 Å². The molecule has 2 aromatic carbocycles. The molecule has 0 saturated carbocycles. The molecule has 0 atom stereocenters. The lowest BCUT2D eigenvalue weighted by Gasteiger charge is -2.13. The smallest absolute Gasteiger partial charge is 0.349 e. The van der Waals surface area contributed by atoms with Gasteiger partial charge < -0.3 is 14.2 Å². The van der Waals surface area contributed by atoms with Crippen molar-refractivity contribution in [3.05, 3.63) is 59.7 Å². The van der Waals surface area contributed by atoms with Crippen molar-refractivity contribution in [3.63, 3.8) is 0 Å². The fourth-order valence-electron chi connectivity index (χ4n) is 2.33. The van der Waals surface area contributed by atoms with Crippen molar-refractivity contribution in [1.29, 1.82) is 0 Å². The largest absolute Gasteiger partial charge is 0.482 e. The summed E-state index contributed by atoms with van der Waals surface area (Å²) in [5.74, 6) is 0.385. The van der Waals surface area contributed by atoms with Gasteiger partial charge >= 0.3 is 11.9 Å². The Balaban J connectivity index is 1.91. The first-order valence-corrected chi connectivity index (χ1v) is 8.60. The molecule has 0 fully saturated rings. The average Bonchev–Trinajstić information content (AvgIpc) is 2.60. The normalized spacial score (nSPS) is 10.7. The van der Waals surface area contributed by atoms with Gasteiger partial charge in [-0.2, -0.15) is 0 Å². The second kappa shape index (κ2) is 9.04. The highest BCUT2D eigenvalue weighted by Gasteiger charge is 2.12. The molecule has 2 rings (SSSR count). The van der Waals surface area contributed by atoms with Crippen LogP contribution in [0.25, 0.3) is 0 Å². The van der Waals surface area contributed by atoms with Gasteiger partial charge in [-0.15, -0.1) is 0 Å². The molecule has 5 nitrogen and oxygen atoms in total. The minimum absolute atomic E-state index is 0.189. The Hall–Kier alpha value is -2.82.